The molecule has 0 amide bonds. The topological polar surface area (TPSA) is 50.7 Å². The van der Waals surface area contributed by atoms with E-state index < -0.39 is 0 Å². The minimum Gasteiger partial charge on any atom is -0.370 e. The lowest BCUT2D eigenvalue weighted by atomic mass is 10.0. The first-order valence-corrected chi connectivity index (χ1v) is 7.15. The summed E-state index contributed by atoms with van der Waals surface area (Å²) in [6.45, 7) is 9.14. The summed E-state index contributed by atoms with van der Waals surface area (Å²) in [7, 11) is 0. The maximum atomic E-state index is 6.18. The summed E-state index contributed by atoms with van der Waals surface area (Å²) < 4.78 is 0. The molecule has 4 nitrogen and oxygen atoms in total. The molecule has 1 N–H and O–H groups in total. The van der Waals surface area contributed by atoms with Gasteiger partial charge in [0.25, 0.3) is 0 Å². The van der Waals surface area contributed by atoms with Gasteiger partial charge < -0.3 is 5.32 Å². The van der Waals surface area contributed by atoms with E-state index in [0.717, 1.165) is 23.6 Å². The average molecular weight is 291 g/mol. The first-order valence-electron chi connectivity index (χ1n) is 6.77. The van der Waals surface area contributed by atoms with Gasteiger partial charge in [0.2, 0.25) is 0 Å². The molecule has 106 valence electrons. The Labute approximate surface area is 124 Å². The fourth-order valence-corrected chi connectivity index (χ4v) is 2.44. The number of halogens is 1. The fraction of sp³-hybridized carbons (Fsp3) is 0.400. The van der Waals surface area contributed by atoms with Crippen LogP contribution in [0.3, 0.4) is 0 Å². The van der Waals surface area contributed by atoms with Crippen LogP contribution in [0.15, 0.2) is 18.3 Å². The molecule has 5 heteroatoms. The molecule has 0 bridgehead atoms. The van der Waals surface area contributed by atoms with Crippen LogP contribution in [0.4, 0.5) is 5.82 Å². The predicted octanol–water partition coefficient (Wildman–Crippen LogP) is 4.06. The highest BCUT2D eigenvalue weighted by molar-refractivity contribution is 6.32. The molecule has 0 spiro atoms. The van der Waals surface area contributed by atoms with E-state index in [-0.39, 0.29) is 0 Å². The molecular weight excluding hydrogens is 272 g/mol. The Kier molecular flexibility index (Phi) is 4.55. The number of nitrogens with zero attached hydrogens (tertiary/aromatic N) is 3. The minimum absolute atomic E-state index is 0.359. The van der Waals surface area contributed by atoms with E-state index in [2.05, 4.69) is 41.0 Å². The number of hydrogen-bond acceptors (Lipinski definition) is 4. The second-order valence-electron chi connectivity index (χ2n) is 4.91. The second-order valence-corrected chi connectivity index (χ2v) is 5.32. The number of nitrogens with one attached hydrogen (secondary N) is 1. The van der Waals surface area contributed by atoms with Crippen LogP contribution < -0.4 is 5.32 Å². The molecule has 0 saturated carbocycles. The number of pyridine rings is 1. The first-order chi connectivity index (χ1) is 9.54. The van der Waals surface area contributed by atoms with Crippen LogP contribution in [0, 0.1) is 6.92 Å². The lowest BCUT2D eigenvalue weighted by Crippen LogP contribution is -2.10. The van der Waals surface area contributed by atoms with Crippen molar-refractivity contribution in [3.05, 3.63) is 34.6 Å². The molecule has 0 aliphatic rings. The summed E-state index contributed by atoms with van der Waals surface area (Å²) >= 11 is 6.18. The molecule has 2 heterocycles. The predicted molar refractivity (Wildman–Crippen MR) is 83.3 cm³/mol. The van der Waals surface area contributed by atoms with E-state index in [1.165, 1.54) is 0 Å². The molecule has 2 aromatic rings. The van der Waals surface area contributed by atoms with Crippen molar-refractivity contribution in [1.29, 1.82) is 0 Å². The summed E-state index contributed by atoms with van der Waals surface area (Å²) in [4.78, 5) is 13.5. The second kappa shape index (κ2) is 6.18. The van der Waals surface area contributed by atoms with Gasteiger partial charge in [0.15, 0.2) is 5.82 Å². The van der Waals surface area contributed by atoms with E-state index in [4.69, 9.17) is 11.6 Å². The third-order valence-electron chi connectivity index (χ3n) is 3.03. The Balaban J connectivity index is 2.60. The third-order valence-corrected chi connectivity index (χ3v) is 3.33. The molecule has 0 aromatic carbocycles. The lowest BCUT2D eigenvalue weighted by Gasteiger charge is -2.16. The van der Waals surface area contributed by atoms with Crippen molar-refractivity contribution in [2.24, 2.45) is 0 Å². The standard InChI is InChI=1S/C15H19ClN4/c1-5-17-14-12(9(2)3)10(4)19-15(20-14)13-11(16)7-6-8-18-13/h6-9H,5H2,1-4H3,(H,17,19,20). The van der Waals surface area contributed by atoms with Crippen molar-refractivity contribution in [3.8, 4) is 11.5 Å². The van der Waals surface area contributed by atoms with E-state index in [1.54, 1.807) is 18.3 Å². The van der Waals surface area contributed by atoms with E-state index in [0.29, 0.717) is 22.5 Å². The van der Waals surface area contributed by atoms with Gasteiger partial charge in [0.1, 0.15) is 11.5 Å². The van der Waals surface area contributed by atoms with Gasteiger partial charge in [0.05, 0.1) is 5.02 Å². The molecule has 0 unspecified atom stereocenters. The maximum absolute atomic E-state index is 6.18. The smallest absolute Gasteiger partial charge is 0.181 e. The molecule has 20 heavy (non-hydrogen) atoms. The monoisotopic (exact) mass is 290 g/mol. The average Bonchev–Trinajstić information content (AvgIpc) is 2.38. The number of hydrogen-bond donors (Lipinski definition) is 1. The summed E-state index contributed by atoms with van der Waals surface area (Å²) in [5, 5.41) is 3.87. The van der Waals surface area contributed by atoms with Gasteiger partial charge in [-0.1, -0.05) is 25.4 Å². The van der Waals surface area contributed by atoms with Crippen molar-refractivity contribution < 1.29 is 0 Å². The van der Waals surface area contributed by atoms with Gasteiger partial charge in [-0.2, -0.15) is 0 Å². The summed E-state index contributed by atoms with van der Waals surface area (Å²) in [5.74, 6) is 1.79. The highest BCUT2D eigenvalue weighted by atomic mass is 35.5. The Morgan fingerprint density at radius 3 is 2.65 bits per heavy atom. The van der Waals surface area contributed by atoms with Crippen LogP contribution in [0.2, 0.25) is 5.02 Å². The molecule has 0 aliphatic heterocycles. The fourth-order valence-electron chi connectivity index (χ4n) is 2.23. The van der Waals surface area contributed by atoms with Crippen molar-refractivity contribution in [1.82, 2.24) is 15.0 Å². The zero-order valence-corrected chi connectivity index (χ0v) is 13.0. The molecule has 2 aromatic heterocycles. The Bertz CT molecular complexity index is 611. The number of aryl methyl sites for hydroxylation is 1. The van der Waals surface area contributed by atoms with Crippen LogP contribution in [-0.4, -0.2) is 21.5 Å². The number of anilines is 1. The van der Waals surface area contributed by atoms with Crippen LogP contribution in [0.25, 0.3) is 11.5 Å². The van der Waals surface area contributed by atoms with Gasteiger partial charge in [-0.3, -0.25) is 4.98 Å². The lowest BCUT2D eigenvalue weighted by molar-refractivity contribution is 0.830. The zero-order chi connectivity index (χ0) is 14.7. The molecular formula is C15H19ClN4. The van der Waals surface area contributed by atoms with Gasteiger partial charge in [0, 0.05) is 24.0 Å². The van der Waals surface area contributed by atoms with Gasteiger partial charge in [-0.25, -0.2) is 9.97 Å². The molecule has 0 radical (unpaired) electrons. The highest BCUT2D eigenvalue weighted by Gasteiger charge is 2.16. The molecule has 2 rings (SSSR count). The zero-order valence-electron chi connectivity index (χ0n) is 12.2. The largest absolute Gasteiger partial charge is 0.370 e. The van der Waals surface area contributed by atoms with E-state index >= 15 is 0 Å². The van der Waals surface area contributed by atoms with Crippen LogP contribution in [-0.2, 0) is 0 Å². The summed E-state index contributed by atoms with van der Waals surface area (Å²) in [5.41, 5.74) is 2.72. The Morgan fingerprint density at radius 2 is 2.05 bits per heavy atom. The van der Waals surface area contributed by atoms with Crippen molar-refractivity contribution in [2.45, 2.75) is 33.6 Å². The molecule has 0 saturated heterocycles. The highest BCUT2D eigenvalue weighted by Crippen LogP contribution is 2.29. The van der Waals surface area contributed by atoms with Gasteiger partial charge in [-0.15, -0.1) is 0 Å². The number of aromatic nitrogens is 3. The quantitative estimate of drug-likeness (QED) is 0.923. The number of rotatable bonds is 4. The molecule has 0 atom stereocenters. The van der Waals surface area contributed by atoms with Crippen LogP contribution in [0.5, 0.6) is 0 Å². The minimum atomic E-state index is 0.359. The van der Waals surface area contributed by atoms with Crippen molar-refractivity contribution >= 4 is 17.4 Å². The maximum Gasteiger partial charge on any atom is 0.181 e. The first kappa shape index (κ1) is 14.7. The van der Waals surface area contributed by atoms with Gasteiger partial charge >= 0.3 is 0 Å². The van der Waals surface area contributed by atoms with Crippen LogP contribution in [0.1, 0.15) is 37.9 Å². The van der Waals surface area contributed by atoms with Crippen molar-refractivity contribution in [2.75, 3.05) is 11.9 Å². The van der Waals surface area contributed by atoms with Gasteiger partial charge in [-0.05, 0) is 31.9 Å². The third kappa shape index (κ3) is 2.90. The SMILES string of the molecule is CCNc1nc(-c2ncccc2Cl)nc(C)c1C(C)C. The molecule has 0 aliphatic carbocycles. The Hall–Kier alpha value is -1.68. The van der Waals surface area contributed by atoms with E-state index in [9.17, 15) is 0 Å². The van der Waals surface area contributed by atoms with E-state index in [1.807, 2.05) is 6.92 Å². The normalized spacial score (nSPS) is 10.9. The van der Waals surface area contributed by atoms with Crippen molar-refractivity contribution in [3.63, 3.8) is 0 Å². The molecule has 0 fully saturated rings. The Morgan fingerprint density at radius 1 is 1.30 bits per heavy atom. The van der Waals surface area contributed by atoms with Crippen LogP contribution >= 0.6 is 11.6 Å². The summed E-state index contributed by atoms with van der Waals surface area (Å²) in [6, 6.07) is 3.60. The summed E-state index contributed by atoms with van der Waals surface area (Å²) in [6.07, 6.45) is 1.70.